The summed E-state index contributed by atoms with van der Waals surface area (Å²) in [4.78, 5) is 0. The second-order valence-corrected chi connectivity index (χ2v) is 4.62. The van der Waals surface area contributed by atoms with Gasteiger partial charge in [0, 0.05) is 0 Å². The topological polar surface area (TPSA) is 23.8 Å². The van der Waals surface area contributed by atoms with Crippen molar-refractivity contribution < 1.29 is 13.2 Å². The van der Waals surface area contributed by atoms with Crippen LogP contribution < -0.4 is 0 Å². The fourth-order valence-corrected chi connectivity index (χ4v) is 1.50. The van der Waals surface area contributed by atoms with E-state index in [0.29, 0.717) is 0 Å². The van der Waals surface area contributed by atoms with Crippen molar-refractivity contribution in [3.05, 3.63) is 34.9 Å². The molecule has 0 saturated carbocycles. The Kier molecular flexibility index (Phi) is 3.00. The average molecular weight is 227 g/mol. The van der Waals surface area contributed by atoms with Gasteiger partial charge in [-0.3, -0.25) is 0 Å². The highest BCUT2D eigenvalue weighted by Gasteiger charge is 2.36. The zero-order valence-corrected chi connectivity index (χ0v) is 9.31. The van der Waals surface area contributed by atoms with Crippen LogP contribution in [0, 0.1) is 11.3 Å². The Morgan fingerprint density at radius 1 is 1.06 bits per heavy atom. The van der Waals surface area contributed by atoms with Crippen LogP contribution in [0.2, 0.25) is 0 Å². The summed E-state index contributed by atoms with van der Waals surface area (Å²) in [5.74, 6) is 0. The zero-order valence-electron chi connectivity index (χ0n) is 9.31. The molecule has 1 nitrogen and oxygen atoms in total. The van der Waals surface area contributed by atoms with Crippen LogP contribution in [0.3, 0.4) is 0 Å². The highest BCUT2D eigenvalue weighted by Crippen LogP contribution is 2.37. The minimum Gasteiger partial charge on any atom is -0.192 e. The lowest BCUT2D eigenvalue weighted by molar-refractivity contribution is -0.138. The van der Waals surface area contributed by atoms with Crippen molar-refractivity contribution in [1.82, 2.24) is 0 Å². The molecule has 0 spiro atoms. The molecule has 1 aromatic rings. The van der Waals surface area contributed by atoms with Gasteiger partial charge in [-0.1, -0.05) is 26.8 Å². The molecule has 0 atom stereocenters. The smallest absolute Gasteiger partial charge is 0.192 e. The quantitative estimate of drug-likeness (QED) is 0.659. The zero-order chi connectivity index (χ0) is 12.6. The van der Waals surface area contributed by atoms with E-state index in [2.05, 4.69) is 0 Å². The maximum atomic E-state index is 12.8. The minimum atomic E-state index is -4.42. The summed E-state index contributed by atoms with van der Waals surface area (Å²) in [5.41, 5.74) is -1.09. The van der Waals surface area contributed by atoms with E-state index in [9.17, 15) is 13.2 Å². The second kappa shape index (κ2) is 3.82. The van der Waals surface area contributed by atoms with Crippen molar-refractivity contribution >= 4 is 0 Å². The molecule has 0 unspecified atom stereocenters. The lowest BCUT2D eigenvalue weighted by Crippen LogP contribution is -2.19. The Morgan fingerprint density at radius 2 is 1.62 bits per heavy atom. The van der Waals surface area contributed by atoms with Gasteiger partial charge in [-0.2, -0.15) is 18.4 Å². The fraction of sp³-hybridized carbons (Fsp3) is 0.417. The van der Waals surface area contributed by atoms with Crippen molar-refractivity contribution in [3.63, 3.8) is 0 Å². The molecule has 0 aliphatic heterocycles. The molecule has 1 aromatic carbocycles. The van der Waals surface area contributed by atoms with E-state index in [0.717, 1.165) is 6.07 Å². The number of hydrogen-bond acceptors (Lipinski definition) is 1. The van der Waals surface area contributed by atoms with Crippen LogP contribution in [0.15, 0.2) is 18.2 Å². The summed E-state index contributed by atoms with van der Waals surface area (Å²) in [6, 6.07) is 5.41. The molecule has 86 valence electrons. The Bertz CT molecular complexity index is 433. The van der Waals surface area contributed by atoms with Gasteiger partial charge in [-0.25, -0.2) is 0 Å². The van der Waals surface area contributed by atoms with Crippen molar-refractivity contribution in [2.24, 2.45) is 0 Å². The molecule has 4 heteroatoms. The number of hydrogen-bond donors (Lipinski definition) is 0. The first kappa shape index (κ1) is 12.6. The summed E-state index contributed by atoms with van der Waals surface area (Å²) in [6.07, 6.45) is -4.42. The van der Waals surface area contributed by atoms with Crippen LogP contribution in [0.4, 0.5) is 13.2 Å². The Labute approximate surface area is 92.5 Å². The van der Waals surface area contributed by atoms with Gasteiger partial charge in [-0.15, -0.1) is 0 Å². The Balaban J connectivity index is 3.47. The van der Waals surface area contributed by atoms with E-state index < -0.39 is 17.2 Å². The molecule has 0 fully saturated rings. The number of halogens is 3. The van der Waals surface area contributed by atoms with Crippen LogP contribution >= 0.6 is 0 Å². The first-order valence-electron chi connectivity index (χ1n) is 4.78. The van der Waals surface area contributed by atoms with Crippen molar-refractivity contribution in [1.29, 1.82) is 5.26 Å². The van der Waals surface area contributed by atoms with E-state index in [1.54, 1.807) is 26.8 Å². The fourth-order valence-electron chi connectivity index (χ4n) is 1.50. The SMILES string of the molecule is CC(C)(C)c1ccc(C#N)cc1C(F)(F)F. The summed E-state index contributed by atoms with van der Waals surface area (Å²) in [5, 5.41) is 8.60. The van der Waals surface area contributed by atoms with Gasteiger partial charge < -0.3 is 0 Å². The third-order valence-electron chi connectivity index (χ3n) is 2.26. The average Bonchev–Trinajstić information content (AvgIpc) is 2.14. The predicted molar refractivity (Wildman–Crippen MR) is 54.9 cm³/mol. The lowest BCUT2D eigenvalue weighted by Gasteiger charge is -2.24. The molecule has 16 heavy (non-hydrogen) atoms. The molecule has 0 saturated heterocycles. The van der Waals surface area contributed by atoms with Crippen molar-refractivity contribution in [2.45, 2.75) is 32.4 Å². The number of benzene rings is 1. The van der Waals surface area contributed by atoms with Crippen molar-refractivity contribution in [3.8, 4) is 6.07 Å². The third kappa shape index (κ3) is 2.54. The molecule has 1 rings (SSSR count). The third-order valence-corrected chi connectivity index (χ3v) is 2.26. The Hall–Kier alpha value is -1.50. The van der Waals surface area contributed by atoms with E-state index >= 15 is 0 Å². The predicted octanol–water partition coefficient (Wildman–Crippen LogP) is 3.87. The molecule has 0 amide bonds. The molecule has 0 aromatic heterocycles. The Morgan fingerprint density at radius 3 is 2.00 bits per heavy atom. The van der Waals surface area contributed by atoms with Gasteiger partial charge in [0.05, 0.1) is 17.2 Å². The summed E-state index contributed by atoms with van der Waals surface area (Å²) in [6.45, 7) is 5.14. The van der Waals surface area contributed by atoms with Gasteiger partial charge in [-0.05, 0) is 23.1 Å². The highest BCUT2D eigenvalue weighted by atomic mass is 19.4. The summed E-state index contributed by atoms with van der Waals surface area (Å²) >= 11 is 0. The van der Waals surface area contributed by atoms with Gasteiger partial charge in [0.1, 0.15) is 0 Å². The van der Waals surface area contributed by atoms with Crippen LogP contribution in [0.1, 0.15) is 37.5 Å². The minimum absolute atomic E-state index is 0.0281. The van der Waals surface area contributed by atoms with Crippen LogP contribution in [0.25, 0.3) is 0 Å². The molecular weight excluding hydrogens is 215 g/mol. The van der Waals surface area contributed by atoms with E-state index in [1.807, 2.05) is 0 Å². The lowest BCUT2D eigenvalue weighted by atomic mass is 9.83. The number of rotatable bonds is 0. The highest BCUT2D eigenvalue weighted by molar-refractivity contribution is 5.42. The van der Waals surface area contributed by atoms with Gasteiger partial charge in [0.25, 0.3) is 0 Å². The maximum Gasteiger partial charge on any atom is 0.416 e. The molecule has 0 aliphatic rings. The number of nitriles is 1. The van der Waals surface area contributed by atoms with Crippen LogP contribution in [-0.2, 0) is 11.6 Å². The van der Waals surface area contributed by atoms with Crippen LogP contribution in [-0.4, -0.2) is 0 Å². The summed E-state index contributed by atoms with van der Waals surface area (Å²) in [7, 11) is 0. The monoisotopic (exact) mass is 227 g/mol. The molecule has 0 radical (unpaired) electrons. The molecular formula is C12H12F3N. The summed E-state index contributed by atoms with van der Waals surface area (Å²) < 4.78 is 38.4. The molecule has 0 heterocycles. The molecule has 0 N–H and O–H groups in total. The van der Waals surface area contributed by atoms with E-state index in [1.165, 1.54) is 12.1 Å². The maximum absolute atomic E-state index is 12.8. The molecule has 0 aliphatic carbocycles. The second-order valence-electron chi connectivity index (χ2n) is 4.62. The van der Waals surface area contributed by atoms with Crippen molar-refractivity contribution in [2.75, 3.05) is 0 Å². The van der Waals surface area contributed by atoms with Crippen LogP contribution in [0.5, 0.6) is 0 Å². The van der Waals surface area contributed by atoms with Gasteiger partial charge in [0.2, 0.25) is 0 Å². The largest absolute Gasteiger partial charge is 0.416 e. The number of nitrogens with zero attached hydrogens (tertiary/aromatic N) is 1. The van der Waals surface area contributed by atoms with E-state index in [4.69, 9.17) is 5.26 Å². The van der Waals surface area contributed by atoms with Gasteiger partial charge in [0.15, 0.2) is 0 Å². The molecule has 0 bridgehead atoms. The number of alkyl halides is 3. The van der Waals surface area contributed by atoms with Gasteiger partial charge >= 0.3 is 6.18 Å². The first-order chi connectivity index (χ1) is 7.16. The van der Waals surface area contributed by atoms with E-state index in [-0.39, 0.29) is 11.1 Å². The standard InChI is InChI=1S/C12H12F3N/c1-11(2,3)9-5-4-8(7-16)6-10(9)12(13,14)15/h4-6H,1-3H3. The normalized spacial score (nSPS) is 12.3. The first-order valence-corrected chi connectivity index (χ1v) is 4.78.